The van der Waals surface area contributed by atoms with Gasteiger partial charge in [-0.2, -0.15) is 0 Å². The van der Waals surface area contributed by atoms with Gasteiger partial charge in [-0.15, -0.1) is 0 Å². The summed E-state index contributed by atoms with van der Waals surface area (Å²) in [6.45, 7) is 7.27. The Hall–Kier alpha value is -1.62. The summed E-state index contributed by atoms with van der Waals surface area (Å²) in [6.07, 6.45) is 1.89. The predicted octanol–water partition coefficient (Wildman–Crippen LogP) is 3.40. The van der Waals surface area contributed by atoms with Gasteiger partial charge < -0.3 is 10.1 Å². The molecule has 0 heterocycles. The molecule has 0 spiro atoms. The summed E-state index contributed by atoms with van der Waals surface area (Å²) in [4.78, 5) is 11.9. The molecule has 0 saturated heterocycles. The van der Waals surface area contributed by atoms with Gasteiger partial charge in [0.1, 0.15) is 5.60 Å². The lowest BCUT2D eigenvalue weighted by atomic mass is 10.1. The van der Waals surface area contributed by atoms with Crippen LogP contribution in [0.15, 0.2) is 41.8 Å². The van der Waals surface area contributed by atoms with Crippen LogP contribution in [0.5, 0.6) is 0 Å². The first-order chi connectivity index (χ1) is 10.3. The number of nitrogens with one attached hydrogen (secondary N) is 1. The van der Waals surface area contributed by atoms with Crippen molar-refractivity contribution >= 4 is 16.9 Å². The molecule has 122 valence electrons. The van der Waals surface area contributed by atoms with Crippen LogP contribution in [0, 0.1) is 0 Å². The molecular weight excluding hydrogens is 298 g/mol. The predicted molar refractivity (Wildman–Crippen MR) is 91.1 cm³/mol. The first-order valence-electron chi connectivity index (χ1n) is 7.33. The van der Waals surface area contributed by atoms with Gasteiger partial charge in [0.15, 0.2) is 0 Å². The van der Waals surface area contributed by atoms with Crippen LogP contribution in [0.2, 0.25) is 0 Å². The van der Waals surface area contributed by atoms with Crippen molar-refractivity contribution in [3.8, 4) is 0 Å². The zero-order valence-corrected chi connectivity index (χ0v) is 14.5. The summed E-state index contributed by atoms with van der Waals surface area (Å²) in [5.74, 6) is 0.360. The van der Waals surface area contributed by atoms with Crippen molar-refractivity contribution in [3.63, 3.8) is 0 Å². The molecule has 0 aliphatic carbocycles. The van der Waals surface area contributed by atoms with E-state index >= 15 is 0 Å². The standard InChI is InChI=1S/C17H25NO3S/c1-5-11-22(20)13-15(12-14-9-7-6-8-10-14)18-16(19)21-17(2,3)4/h5-11,15H,12-13H2,1-4H3,(H,18,19)/b11-5+/t15-,22-/m0/s1. The van der Waals surface area contributed by atoms with Gasteiger partial charge in [-0.25, -0.2) is 4.79 Å². The van der Waals surface area contributed by atoms with Crippen LogP contribution in [-0.4, -0.2) is 27.7 Å². The van der Waals surface area contributed by atoms with Crippen LogP contribution < -0.4 is 5.32 Å². The van der Waals surface area contributed by atoms with Gasteiger partial charge in [0.05, 0.1) is 0 Å². The maximum Gasteiger partial charge on any atom is 0.407 e. The smallest absolute Gasteiger partial charge is 0.407 e. The van der Waals surface area contributed by atoms with E-state index in [1.54, 1.807) is 11.5 Å². The van der Waals surface area contributed by atoms with Gasteiger partial charge in [-0.1, -0.05) is 36.4 Å². The Morgan fingerprint density at radius 3 is 2.50 bits per heavy atom. The second kappa shape index (κ2) is 8.73. The van der Waals surface area contributed by atoms with E-state index in [-0.39, 0.29) is 6.04 Å². The molecule has 0 aliphatic heterocycles. The lowest BCUT2D eigenvalue weighted by Crippen LogP contribution is -2.42. The maximum atomic E-state index is 11.9. The largest absolute Gasteiger partial charge is 0.444 e. The topological polar surface area (TPSA) is 55.4 Å². The lowest BCUT2D eigenvalue weighted by Gasteiger charge is -2.23. The van der Waals surface area contributed by atoms with E-state index in [2.05, 4.69) is 5.32 Å². The van der Waals surface area contributed by atoms with Crippen LogP contribution in [0.3, 0.4) is 0 Å². The molecule has 4 nitrogen and oxygen atoms in total. The molecule has 1 aromatic carbocycles. The van der Waals surface area contributed by atoms with E-state index < -0.39 is 22.5 Å². The zero-order chi connectivity index (χ0) is 16.6. The molecule has 0 aliphatic rings. The van der Waals surface area contributed by atoms with Crippen LogP contribution in [-0.2, 0) is 22.0 Å². The molecule has 22 heavy (non-hydrogen) atoms. The van der Waals surface area contributed by atoms with Gasteiger partial charge in [0.2, 0.25) is 0 Å². The quantitative estimate of drug-likeness (QED) is 0.873. The minimum Gasteiger partial charge on any atom is -0.444 e. The molecule has 0 fully saturated rings. The third-order valence-electron chi connectivity index (χ3n) is 2.70. The summed E-state index contributed by atoms with van der Waals surface area (Å²) in [7, 11) is -1.11. The van der Waals surface area contributed by atoms with Crippen molar-refractivity contribution in [2.45, 2.75) is 45.8 Å². The Bertz CT molecular complexity index is 520. The first-order valence-corrected chi connectivity index (χ1v) is 8.72. The number of hydrogen-bond donors (Lipinski definition) is 1. The third-order valence-corrected chi connectivity index (χ3v) is 4.01. The molecule has 1 N–H and O–H groups in total. The van der Waals surface area contributed by atoms with E-state index in [9.17, 15) is 9.00 Å². The number of hydrogen-bond acceptors (Lipinski definition) is 3. The van der Waals surface area contributed by atoms with E-state index in [4.69, 9.17) is 4.74 Å². The van der Waals surface area contributed by atoms with E-state index in [0.717, 1.165) is 5.56 Å². The Kier molecular flexibility index (Phi) is 7.32. The molecule has 1 rings (SSSR count). The van der Waals surface area contributed by atoms with Crippen LogP contribution in [0.25, 0.3) is 0 Å². The second-order valence-corrected chi connectivity index (χ2v) is 7.42. The summed E-state index contributed by atoms with van der Waals surface area (Å²) >= 11 is 0. The molecular formula is C17H25NO3S. The van der Waals surface area contributed by atoms with E-state index in [1.165, 1.54) is 0 Å². The van der Waals surface area contributed by atoms with Crippen molar-refractivity contribution in [3.05, 3.63) is 47.4 Å². The number of amides is 1. The molecule has 1 aromatic rings. The number of ether oxygens (including phenoxy) is 1. The summed E-state index contributed by atoms with van der Waals surface area (Å²) in [5.41, 5.74) is 0.533. The Balaban J connectivity index is 2.73. The molecule has 2 atom stereocenters. The van der Waals surface area contributed by atoms with E-state index in [0.29, 0.717) is 12.2 Å². The Morgan fingerprint density at radius 1 is 1.32 bits per heavy atom. The average molecular weight is 323 g/mol. The minimum absolute atomic E-state index is 0.241. The van der Waals surface area contributed by atoms with Crippen LogP contribution in [0.4, 0.5) is 4.79 Å². The highest BCUT2D eigenvalue weighted by atomic mass is 32.2. The molecule has 5 heteroatoms. The molecule has 0 aromatic heterocycles. The first kappa shape index (κ1) is 18.4. The van der Waals surface area contributed by atoms with Gasteiger partial charge in [-0.05, 0) is 45.1 Å². The average Bonchev–Trinajstić information content (AvgIpc) is 2.37. The highest BCUT2D eigenvalue weighted by Crippen LogP contribution is 2.09. The van der Waals surface area contributed by atoms with Crippen molar-refractivity contribution in [2.24, 2.45) is 0 Å². The second-order valence-electron chi connectivity index (χ2n) is 6.05. The fraction of sp³-hybridized carbons (Fsp3) is 0.471. The molecule has 0 saturated carbocycles. The minimum atomic E-state index is -1.11. The monoisotopic (exact) mass is 323 g/mol. The number of allylic oxidation sites excluding steroid dienone is 1. The maximum absolute atomic E-state index is 11.9. The number of benzene rings is 1. The van der Waals surface area contributed by atoms with Crippen LogP contribution >= 0.6 is 0 Å². The van der Waals surface area contributed by atoms with Crippen molar-refractivity contribution in [2.75, 3.05) is 5.75 Å². The normalized spacial score (nSPS) is 14.5. The third kappa shape index (κ3) is 7.98. The lowest BCUT2D eigenvalue weighted by molar-refractivity contribution is 0.0509. The number of alkyl carbamates (subject to hydrolysis) is 1. The molecule has 0 radical (unpaired) electrons. The van der Waals surface area contributed by atoms with Gasteiger partial charge in [0, 0.05) is 22.6 Å². The van der Waals surface area contributed by atoms with E-state index in [1.807, 2.05) is 58.0 Å². The van der Waals surface area contributed by atoms with Crippen molar-refractivity contribution in [1.29, 1.82) is 0 Å². The fourth-order valence-electron chi connectivity index (χ4n) is 1.93. The number of carbonyl (C=O) groups excluding carboxylic acids is 1. The molecule has 0 bridgehead atoms. The highest BCUT2D eigenvalue weighted by molar-refractivity contribution is 7.88. The summed E-state index contributed by atoms with van der Waals surface area (Å²) in [6, 6.07) is 9.57. The number of rotatable bonds is 6. The molecule has 0 unspecified atom stereocenters. The van der Waals surface area contributed by atoms with Gasteiger partial charge >= 0.3 is 6.09 Å². The molecule has 1 amide bonds. The summed E-state index contributed by atoms with van der Waals surface area (Å²) < 4.78 is 17.2. The Labute approximate surface area is 135 Å². The summed E-state index contributed by atoms with van der Waals surface area (Å²) in [5, 5.41) is 4.46. The van der Waals surface area contributed by atoms with Crippen LogP contribution in [0.1, 0.15) is 33.3 Å². The zero-order valence-electron chi connectivity index (χ0n) is 13.7. The highest BCUT2D eigenvalue weighted by Gasteiger charge is 2.20. The Morgan fingerprint density at radius 2 is 1.95 bits per heavy atom. The number of carbonyl (C=O) groups is 1. The van der Waals surface area contributed by atoms with Crippen molar-refractivity contribution in [1.82, 2.24) is 5.32 Å². The SMILES string of the molecule is C/C=C/[S@](=O)C[C@H](Cc1ccccc1)NC(=O)OC(C)(C)C. The van der Waals surface area contributed by atoms with Gasteiger partial charge in [-0.3, -0.25) is 4.21 Å². The fourth-order valence-corrected chi connectivity index (χ4v) is 2.94. The van der Waals surface area contributed by atoms with Crippen molar-refractivity contribution < 1.29 is 13.7 Å². The van der Waals surface area contributed by atoms with Gasteiger partial charge in [0.25, 0.3) is 0 Å².